The highest BCUT2D eigenvalue weighted by Crippen LogP contribution is 2.34. The summed E-state index contributed by atoms with van der Waals surface area (Å²) in [4.78, 5) is 12.4. The smallest absolute Gasteiger partial charge is 0.418 e. The van der Waals surface area contributed by atoms with Crippen LogP contribution in [0.4, 0.5) is 24.5 Å². The van der Waals surface area contributed by atoms with Crippen LogP contribution >= 0.6 is 0 Å². The molecule has 0 aliphatic heterocycles. The Morgan fingerprint density at radius 1 is 1.06 bits per heavy atom. The summed E-state index contributed by atoms with van der Waals surface area (Å²) in [5.74, 6) is -0.00600. The number of rotatable bonds is 7. The number of carbonyl (C=O) groups excluding carboxylic acids is 1. The van der Waals surface area contributed by atoms with Crippen molar-refractivity contribution in [1.29, 1.82) is 5.26 Å². The van der Waals surface area contributed by atoms with Crippen molar-refractivity contribution in [3.63, 3.8) is 0 Å². The van der Waals surface area contributed by atoms with E-state index in [0.29, 0.717) is 23.6 Å². The molecule has 5 nitrogen and oxygen atoms in total. The zero-order valence-corrected chi connectivity index (χ0v) is 17.1. The normalized spacial score (nSPS) is 11.8. The molecule has 32 heavy (non-hydrogen) atoms. The van der Waals surface area contributed by atoms with Gasteiger partial charge in [-0.2, -0.15) is 18.4 Å². The van der Waals surface area contributed by atoms with Crippen LogP contribution in [0.2, 0.25) is 0 Å². The van der Waals surface area contributed by atoms with Crippen molar-refractivity contribution in [3.8, 4) is 11.8 Å². The Morgan fingerprint density at radius 3 is 2.47 bits per heavy atom. The molecule has 0 fully saturated rings. The molecular weight excluding hydrogens is 419 g/mol. The monoisotopic (exact) mass is 439 g/mol. The molecule has 0 aliphatic rings. The molecule has 0 saturated carbocycles. The summed E-state index contributed by atoms with van der Waals surface area (Å²) in [6.45, 7) is 1.85. The Kier molecular flexibility index (Phi) is 7.00. The first-order chi connectivity index (χ1) is 15.3. The van der Waals surface area contributed by atoms with E-state index in [1.54, 1.807) is 49.4 Å². The van der Waals surface area contributed by atoms with Crippen LogP contribution in [0.5, 0.6) is 5.75 Å². The molecular formula is C24H20F3N3O2. The standard InChI is InChI=1S/C24H20F3N3O2/c1-16(23(31)30-22-8-3-2-7-21(22)24(25,26)27)29-19-9-11-20(12-10-19)32-15-18-6-4-5-17(13-18)14-28/h2-13,16,29H,15H2,1H3,(H,30,31). The van der Waals surface area contributed by atoms with Gasteiger partial charge in [-0.15, -0.1) is 0 Å². The van der Waals surface area contributed by atoms with Crippen molar-refractivity contribution in [2.45, 2.75) is 25.7 Å². The quantitative estimate of drug-likeness (QED) is 0.503. The van der Waals surface area contributed by atoms with Crippen LogP contribution in [0.3, 0.4) is 0 Å². The highest BCUT2D eigenvalue weighted by Gasteiger charge is 2.33. The molecule has 3 rings (SSSR count). The largest absolute Gasteiger partial charge is 0.489 e. The van der Waals surface area contributed by atoms with Crippen molar-refractivity contribution in [1.82, 2.24) is 0 Å². The molecule has 0 spiro atoms. The van der Waals surface area contributed by atoms with Crippen LogP contribution in [-0.2, 0) is 17.6 Å². The Balaban J connectivity index is 1.57. The van der Waals surface area contributed by atoms with E-state index in [1.807, 2.05) is 6.07 Å². The third-order valence-electron chi connectivity index (χ3n) is 4.58. The molecule has 3 aromatic carbocycles. The van der Waals surface area contributed by atoms with Crippen LogP contribution in [0.25, 0.3) is 0 Å². The first kappa shape index (κ1) is 22.7. The lowest BCUT2D eigenvalue weighted by molar-refractivity contribution is -0.137. The van der Waals surface area contributed by atoms with Gasteiger partial charge in [0.25, 0.3) is 0 Å². The average molecular weight is 439 g/mol. The number of hydrogen-bond donors (Lipinski definition) is 2. The van der Waals surface area contributed by atoms with Crippen LogP contribution in [0.1, 0.15) is 23.6 Å². The molecule has 1 unspecified atom stereocenters. The Bertz CT molecular complexity index is 1120. The van der Waals surface area contributed by atoms with Gasteiger partial charge in [-0.25, -0.2) is 0 Å². The average Bonchev–Trinajstić information content (AvgIpc) is 2.78. The number of ether oxygens (including phenoxy) is 1. The van der Waals surface area contributed by atoms with E-state index in [4.69, 9.17) is 10.00 Å². The summed E-state index contributed by atoms with van der Waals surface area (Å²) in [5.41, 5.74) is 0.826. The van der Waals surface area contributed by atoms with Gasteiger partial charge in [-0.05, 0) is 61.0 Å². The lowest BCUT2D eigenvalue weighted by atomic mass is 10.1. The SMILES string of the molecule is CC(Nc1ccc(OCc2cccc(C#N)c2)cc1)C(=O)Nc1ccccc1C(F)(F)F. The van der Waals surface area contributed by atoms with Crippen molar-refractivity contribution in [2.75, 3.05) is 10.6 Å². The number of benzene rings is 3. The van der Waals surface area contributed by atoms with Crippen LogP contribution in [-0.4, -0.2) is 11.9 Å². The number of nitrogens with zero attached hydrogens (tertiary/aromatic N) is 1. The first-order valence-electron chi connectivity index (χ1n) is 9.72. The van der Waals surface area contributed by atoms with Gasteiger partial charge in [-0.1, -0.05) is 24.3 Å². The Labute approximate surface area is 183 Å². The molecule has 2 N–H and O–H groups in total. The highest BCUT2D eigenvalue weighted by atomic mass is 19.4. The fourth-order valence-electron chi connectivity index (χ4n) is 2.94. The second-order valence-electron chi connectivity index (χ2n) is 7.02. The van der Waals surface area contributed by atoms with Crippen LogP contribution in [0.15, 0.2) is 72.8 Å². The number of hydrogen-bond acceptors (Lipinski definition) is 4. The molecule has 0 bridgehead atoms. The number of nitrogens with one attached hydrogen (secondary N) is 2. The minimum absolute atomic E-state index is 0.289. The maximum absolute atomic E-state index is 13.1. The van der Waals surface area contributed by atoms with Crippen molar-refractivity contribution >= 4 is 17.3 Å². The molecule has 0 heterocycles. The van der Waals surface area contributed by atoms with E-state index < -0.39 is 23.7 Å². The Hall–Kier alpha value is -3.99. The van der Waals surface area contributed by atoms with E-state index in [9.17, 15) is 18.0 Å². The molecule has 0 aromatic heterocycles. The van der Waals surface area contributed by atoms with Crippen molar-refractivity contribution in [2.24, 2.45) is 0 Å². The number of para-hydroxylation sites is 1. The zero-order chi connectivity index (χ0) is 23.1. The number of halogens is 3. The summed E-state index contributed by atoms with van der Waals surface area (Å²) in [6, 6.07) is 20.0. The van der Waals surface area contributed by atoms with E-state index in [-0.39, 0.29) is 5.69 Å². The van der Waals surface area contributed by atoms with Gasteiger partial charge in [-0.3, -0.25) is 4.79 Å². The topological polar surface area (TPSA) is 74.1 Å². The maximum atomic E-state index is 13.1. The number of alkyl halides is 3. The fourth-order valence-corrected chi connectivity index (χ4v) is 2.94. The predicted molar refractivity (Wildman–Crippen MR) is 115 cm³/mol. The number of nitriles is 1. The molecule has 3 aromatic rings. The summed E-state index contributed by atoms with van der Waals surface area (Å²) in [6.07, 6.45) is -4.56. The van der Waals surface area contributed by atoms with E-state index in [1.165, 1.54) is 18.2 Å². The van der Waals surface area contributed by atoms with Gasteiger partial charge in [0.05, 0.1) is 22.9 Å². The molecule has 0 aliphatic carbocycles. The van der Waals surface area contributed by atoms with Gasteiger partial charge >= 0.3 is 6.18 Å². The maximum Gasteiger partial charge on any atom is 0.418 e. The molecule has 1 amide bonds. The number of amides is 1. The van der Waals surface area contributed by atoms with E-state index in [0.717, 1.165) is 11.6 Å². The fraction of sp³-hybridized carbons (Fsp3) is 0.167. The molecule has 164 valence electrons. The molecule has 1 atom stereocenters. The third-order valence-corrected chi connectivity index (χ3v) is 4.58. The highest BCUT2D eigenvalue weighted by molar-refractivity contribution is 5.96. The zero-order valence-electron chi connectivity index (χ0n) is 17.1. The number of carbonyl (C=O) groups is 1. The lowest BCUT2D eigenvalue weighted by Gasteiger charge is -2.18. The van der Waals surface area contributed by atoms with Gasteiger partial charge in [0.1, 0.15) is 18.4 Å². The van der Waals surface area contributed by atoms with E-state index in [2.05, 4.69) is 16.7 Å². The Morgan fingerprint density at radius 2 is 1.78 bits per heavy atom. The summed E-state index contributed by atoms with van der Waals surface area (Å²) < 4.78 is 45.0. The first-order valence-corrected chi connectivity index (χ1v) is 9.72. The number of anilines is 2. The molecule has 0 radical (unpaired) electrons. The second-order valence-corrected chi connectivity index (χ2v) is 7.02. The predicted octanol–water partition coefficient (Wildman–Crippen LogP) is 5.60. The summed E-state index contributed by atoms with van der Waals surface area (Å²) >= 11 is 0. The van der Waals surface area contributed by atoms with Crippen LogP contribution in [0, 0.1) is 11.3 Å². The summed E-state index contributed by atoms with van der Waals surface area (Å²) in [7, 11) is 0. The van der Waals surface area contributed by atoms with E-state index >= 15 is 0 Å². The third kappa shape index (κ3) is 6.01. The van der Waals surface area contributed by atoms with Crippen molar-refractivity contribution < 1.29 is 22.7 Å². The van der Waals surface area contributed by atoms with Crippen LogP contribution < -0.4 is 15.4 Å². The molecule has 0 saturated heterocycles. The van der Waals surface area contributed by atoms with Gasteiger partial charge < -0.3 is 15.4 Å². The lowest BCUT2D eigenvalue weighted by Crippen LogP contribution is -2.32. The minimum atomic E-state index is -4.56. The summed E-state index contributed by atoms with van der Waals surface area (Å²) in [5, 5.41) is 14.2. The van der Waals surface area contributed by atoms with Gasteiger partial charge in [0, 0.05) is 5.69 Å². The van der Waals surface area contributed by atoms with Crippen molar-refractivity contribution in [3.05, 3.63) is 89.5 Å². The van der Waals surface area contributed by atoms with Gasteiger partial charge in [0.15, 0.2) is 0 Å². The minimum Gasteiger partial charge on any atom is -0.489 e. The second kappa shape index (κ2) is 9.88. The molecule has 8 heteroatoms. The van der Waals surface area contributed by atoms with Gasteiger partial charge in [0.2, 0.25) is 5.91 Å².